The van der Waals surface area contributed by atoms with Crippen molar-refractivity contribution in [2.24, 2.45) is 0 Å². The largest absolute Gasteiger partial charge is 0.256 e. The van der Waals surface area contributed by atoms with E-state index >= 15 is 0 Å². The molecule has 0 aliphatic carbocycles. The molecule has 1 nitrogen and oxygen atoms in total. The average Bonchev–Trinajstić information content (AvgIpc) is 2.10. The minimum atomic E-state index is 0.947. The Balaban J connectivity index is 3.53. The van der Waals surface area contributed by atoms with Crippen molar-refractivity contribution in [3.63, 3.8) is 0 Å². The number of nitrogens with zero attached hydrogens (tertiary/aromatic N) is 1. The molecule has 1 heteroatoms. The molecule has 12 heavy (non-hydrogen) atoms. The monoisotopic (exact) mass is 159 g/mol. The van der Waals surface area contributed by atoms with E-state index in [1.54, 1.807) is 6.20 Å². The van der Waals surface area contributed by atoms with Crippen LogP contribution >= 0.6 is 0 Å². The highest BCUT2D eigenvalue weighted by Gasteiger charge is 1.90. The Morgan fingerprint density at radius 2 is 2.42 bits per heavy atom. The van der Waals surface area contributed by atoms with Crippen LogP contribution in [-0.2, 0) is 0 Å². The van der Waals surface area contributed by atoms with Gasteiger partial charge in [0.2, 0.25) is 0 Å². The number of allylic oxidation sites excluding steroid dienone is 1. The maximum Gasteiger partial charge on any atom is 0.0727 e. The summed E-state index contributed by atoms with van der Waals surface area (Å²) >= 11 is 0. The van der Waals surface area contributed by atoms with Gasteiger partial charge in [-0.1, -0.05) is 32.2 Å². The first kappa shape index (κ1) is 8.72. The zero-order valence-corrected chi connectivity index (χ0v) is 7.38. The molecule has 0 saturated carbocycles. The molecule has 0 bridgehead atoms. The molecule has 0 atom stereocenters. The maximum atomic E-state index is 4.25. The van der Waals surface area contributed by atoms with Crippen molar-refractivity contribution in [2.75, 3.05) is 0 Å². The molecule has 62 valence electrons. The lowest BCUT2D eigenvalue weighted by Gasteiger charge is -1.95. The average molecular weight is 159 g/mol. The van der Waals surface area contributed by atoms with Gasteiger partial charge in [0.05, 0.1) is 5.35 Å². The topological polar surface area (TPSA) is 12.9 Å². The van der Waals surface area contributed by atoms with Gasteiger partial charge in [-0.2, -0.15) is 0 Å². The van der Waals surface area contributed by atoms with Crippen molar-refractivity contribution in [2.45, 2.75) is 13.3 Å². The van der Waals surface area contributed by atoms with E-state index in [0.29, 0.717) is 0 Å². The van der Waals surface area contributed by atoms with Gasteiger partial charge in [0, 0.05) is 6.20 Å². The number of rotatable bonds is 2. The first-order valence-electron chi connectivity index (χ1n) is 4.05. The Kier molecular flexibility index (Phi) is 2.81. The van der Waals surface area contributed by atoms with Gasteiger partial charge < -0.3 is 0 Å². The first-order chi connectivity index (χ1) is 5.79. The highest BCUT2D eigenvalue weighted by molar-refractivity contribution is 5.53. The van der Waals surface area contributed by atoms with Crippen molar-refractivity contribution in [1.29, 1.82) is 0 Å². The van der Waals surface area contributed by atoms with Gasteiger partial charge in [0.25, 0.3) is 0 Å². The van der Waals surface area contributed by atoms with Gasteiger partial charge in [0.1, 0.15) is 0 Å². The van der Waals surface area contributed by atoms with E-state index in [1.807, 2.05) is 18.2 Å². The molecule has 0 aromatic carbocycles. The normalized spacial score (nSPS) is 12.4. The van der Waals surface area contributed by atoms with Crippen LogP contribution in [0, 0.1) is 0 Å². The van der Waals surface area contributed by atoms with Crippen molar-refractivity contribution in [1.82, 2.24) is 4.98 Å². The molecule has 0 unspecified atom stereocenters. The summed E-state index contributed by atoms with van der Waals surface area (Å²) in [6.07, 6.45) is 4.57. The molecule has 1 heterocycles. The van der Waals surface area contributed by atoms with Crippen LogP contribution in [0.3, 0.4) is 0 Å². The van der Waals surface area contributed by atoms with Crippen LogP contribution in [0.15, 0.2) is 31.0 Å². The van der Waals surface area contributed by atoms with E-state index in [0.717, 1.165) is 22.6 Å². The lowest BCUT2D eigenvalue weighted by atomic mass is 10.1. The molecule has 0 aliphatic heterocycles. The lowest BCUT2D eigenvalue weighted by Crippen LogP contribution is -2.28. The van der Waals surface area contributed by atoms with E-state index in [-0.39, 0.29) is 0 Å². The third kappa shape index (κ3) is 1.62. The van der Waals surface area contributed by atoms with Crippen LogP contribution in [0.1, 0.15) is 13.3 Å². The van der Waals surface area contributed by atoms with Gasteiger partial charge >= 0.3 is 0 Å². The van der Waals surface area contributed by atoms with Gasteiger partial charge in [-0.15, -0.1) is 0 Å². The molecule has 1 aromatic rings. The summed E-state index contributed by atoms with van der Waals surface area (Å²) in [7, 11) is 0. The van der Waals surface area contributed by atoms with Gasteiger partial charge in [-0.25, -0.2) is 0 Å². The van der Waals surface area contributed by atoms with Crippen molar-refractivity contribution < 1.29 is 0 Å². The van der Waals surface area contributed by atoms with E-state index in [1.165, 1.54) is 0 Å². The van der Waals surface area contributed by atoms with E-state index < -0.39 is 0 Å². The summed E-state index contributed by atoms with van der Waals surface area (Å²) in [6, 6.07) is 3.85. The van der Waals surface area contributed by atoms with Crippen molar-refractivity contribution in [3.8, 4) is 0 Å². The zero-order chi connectivity index (χ0) is 8.97. The molecular weight excluding hydrogens is 146 g/mol. The van der Waals surface area contributed by atoms with Gasteiger partial charge in [0.15, 0.2) is 0 Å². The number of pyridine rings is 1. The van der Waals surface area contributed by atoms with Crippen LogP contribution in [0.25, 0.3) is 12.2 Å². The molecule has 0 amide bonds. The minimum absolute atomic E-state index is 0.947. The molecule has 1 rings (SSSR count). The fourth-order valence-electron chi connectivity index (χ4n) is 1.14. The SMILES string of the molecule is C=C/C(CC)=c1/ncccc1=C. The van der Waals surface area contributed by atoms with Gasteiger partial charge in [-0.05, 0) is 23.3 Å². The highest BCUT2D eigenvalue weighted by Crippen LogP contribution is 1.96. The molecule has 0 N–H and O–H groups in total. The number of hydrogen-bond donors (Lipinski definition) is 0. The predicted octanol–water partition coefficient (Wildman–Crippen LogP) is 1.24. The third-order valence-corrected chi connectivity index (χ3v) is 1.82. The predicted molar refractivity (Wildman–Crippen MR) is 52.9 cm³/mol. The second-order valence-corrected chi connectivity index (χ2v) is 2.59. The summed E-state index contributed by atoms with van der Waals surface area (Å²) in [5.41, 5.74) is 1.15. The fourth-order valence-corrected chi connectivity index (χ4v) is 1.14. The third-order valence-electron chi connectivity index (χ3n) is 1.82. The minimum Gasteiger partial charge on any atom is -0.256 e. The Bertz CT molecular complexity index is 376. The zero-order valence-electron chi connectivity index (χ0n) is 7.38. The molecule has 0 saturated heterocycles. The second kappa shape index (κ2) is 3.86. The Labute approximate surface area is 72.8 Å². The van der Waals surface area contributed by atoms with Crippen molar-refractivity contribution >= 4 is 12.2 Å². The van der Waals surface area contributed by atoms with Crippen LogP contribution in [0.2, 0.25) is 0 Å². The Morgan fingerprint density at radius 3 is 2.92 bits per heavy atom. The molecule has 1 aromatic heterocycles. The maximum absolute atomic E-state index is 4.25. The first-order valence-corrected chi connectivity index (χ1v) is 4.05. The molecule has 0 radical (unpaired) electrons. The van der Waals surface area contributed by atoms with E-state index in [2.05, 4.69) is 25.1 Å². The number of hydrogen-bond acceptors (Lipinski definition) is 1. The summed E-state index contributed by atoms with van der Waals surface area (Å²) in [5, 5.41) is 1.93. The fraction of sp³-hybridized carbons (Fsp3) is 0.182. The van der Waals surface area contributed by atoms with E-state index in [4.69, 9.17) is 0 Å². The highest BCUT2D eigenvalue weighted by atomic mass is 14.6. The smallest absolute Gasteiger partial charge is 0.0727 e. The lowest BCUT2D eigenvalue weighted by molar-refractivity contribution is 1.15. The standard InChI is InChI=1S/C11H13N/c1-4-10(5-2)11-9(3)7-6-8-12-11/h4,6-8H,1,3,5H2,2H3/b11-10-. The Morgan fingerprint density at radius 1 is 1.67 bits per heavy atom. The van der Waals surface area contributed by atoms with Crippen LogP contribution in [0.5, 0.6) is 0 Å². The molecule has 0 fully saturated rings. The molecule has 0 spiro atoms. The van der Waals surface area contributed by atoms with Crippen LogP contribution < -0.4 is 10.6 Å². The summed E-state index contributed by atoms with van der Waals surface area (Å²) in [4.78, 5) is 4.25. The van der Waals surface area contributed by atoms with Crippen LogP contribution in [-0.4, -0.2) is 4.98 Å². The van der Waals surface area contributed by atoms with Crippen molar-refractivity contribution in [3.05, 3.63) is 41.6 Å². The van der Waals surface area contributed by atoms with Crippen LogP contribution in [0.4, 0.5) is 0 Å². The quantitative estimate of drug-likeness (QED) is 0.632. The number of aromatic nitrogens is 1. The second-order valence-electron chi connectivity index (χ2n) is 2.59. The summed E-state index contributed by atoms with van der Waals surface area (Å²) in [6.45, 7) is 9.74. The molecule has 0 aliphatic rings. The van der Waals surface area contributed by atoms with Gasteiger partial charge in [-0.3, -0.25) is 4.98 Å². The summed E-state index contributed by atoms with van der Waals surface area (Å²) < 4.78 is 0. The molecular formula is C11H13N. The summed E-state index contributed by atoms with van der Waals surface area (Å²) in [5.74, 6) is 0. The van der Waals surface area contributed by atoms with E-state index in [9.17, 15) is 0 Å². The Hall–Kier alpha value is -1.37.